The minimum absolute atomic E-state index is 0. The molecule has 7 nitrogen and oxygen atoms in total. The number of halogens is 1. The van der Waals surface area contributed by atoms with Gasteiger partial charge >= 0.3 is 12.1 Å². The number of benzene rings is 2. The topological polar surface area (TPSA) is 96.9 Å². The van der Waals surface area contributed by atoms with Crippen LogP contribution in [-0.4, -0.2) is 42.0 Å². The Labute approximate surface area is 201 Å². The summed E-state index contributed by atoms with van der Waals surface area (Å²) in [5.74, 6) is -1.14. The molecule has 3 N–H and O–H groups in total. The molecule has 0 heterocycles. The van der Waals surface area contributed by atoms with Gasteiger partial charge in [-0.3, -0.25) is 4.84 Å². The Morgan fingerprint density at radius 3 is 2.12 bits per heavy atom. The van der Waals surface area contributed by atoms with Crippen LogP contribution in [0.2, 0.25) is 0 Å². The van der Waals surface area contributed by atoms with Crippen molar-refractivity contribution >= 4 is 24.5 Å². The van der Waals surface area contributed by atoms with Gasteiger partial charge in [-0.1, -0.05) is 48.5 Å². The SMILES string of the molecule is CC(C)(C)ONCCCC[C@@H](NC(=O)OCC1c2ccccc2-c2ccccc21)C(=O)O.Cl. The summed E-state index contributed by atoms with van der Waals surface area (Å²) < 4.78 is 5.46. The third-order valence-corrected chi connectivity index (χ3v) is 5.33. The Bertz CT molecular complexity index is 899. The number of nitrogens with one attached hydrogen (secondary N) is 2. The van der Waals surface area contributed by atoms with Gasteiger partial charge in [-0.05, 0) is 62.3 Å². The average Bonchev–Trinajstić information content (AvgIpc) is 3.07. The van der Waals surface area contributed by atoms with Gasteiger partial charge in [0.15, 0.2) is 0 Å². The first-order valence-corrected chi connectivity index (χ1v) is 11.0. The van der Waals surface area contributed by atoms with Gasteiger partial charge in [-0.2, -0.15) is 0 Å². The molecule has 0 spiro atoms. The third kappa shape index (κ3) is 7.45. The summed E-state index contributed by atoms with van der Waals surface area (Å²) in [7, 11) is 0. The van der Waals surface area contributed by atoms with E-state index >= 15 is 0 Å². The minimum Gasteiger partial charge on any atom is -0.480 e. The molecule has 33 heavy (non-hydrogen) atoms. The van der Waals surface area contributed by atoms with Crippen LogP contribution in [0.25, 0.3) is 11.1 Å². The summed E-state index contributed by atoms with van der Waals surface area (Å²) in [5.41, 5.74) is 7.11. The van der Waals surface area contributed by atoms with E-state index in [2.05, 4.69) is 22.9 Å². The molecule has 1 aliphatic carbocycles. The van der Waals surface area contributed by atoms with Gasteiger partial charge in [0, 0.05) is 12.5 Å². The maximum atomic E-state index is 12.4. The number of aliphatic carboxylic acids is 1. The molecule has 1 aliphatic rings. The molecule has 0 saturated carbocycles. The van der Waals surface area contributed by atoms with Crippen molar-refractivity contribution in [1.29, 1.82) is 0 Å². The number of carbonyl (C=O) groups excluding carboxylic acids is 1. The number of hydroxylamine groups is 1. The number of amides is 1. The van der Waals surface area contributed by atoms with Gasteiger partial charge in [-0.25, -0.2) is 15.1 Å². The number of carbonyl (C=O) groups is 2. The molecule has 8 heteroatoms. The lowest BCUT2D eigenvalue weighted by Crippen LogP contribution is -2.41. The summed E-state index contributed by atoms with van der Waals surface area (Å²) in [6, 6.07) is 15.2. The first kappa shape index (κ1) is 26.6. The molecule has 0 saturated heterocycles. The summed E-state index contributed by atoms with van der Waals surface area (Å²) in [6.45, 7) is 6.59. The molecule has 0 bridgehead atoms. The quantitative estimate of drug-likeness (QED) is 0.333. The number of fused-ring (bicyclic) bond motifs is 3. The second kappa shape index (κ2) is 12.0. The van der Waals surface area contributed by atoms with E-state index in [9.17, 15) is 14.7 Å². The van der Waals surface area contributed by atoms with Crippen LogP contribution in [0, 0.1) is 0 Å². The van der Waals surface area contributed by atoms with E-state index in [-0.39, 0.29) is 30.5 Å². The Hall–Kier alpha value is -2.61. The average molecular weight is 477 g/mol. The van der Waals surface area contributed by atoms with Crippen molar-refractivity contribution in [2.24, 2.45) is 0 Å². The predicted octanol–water partition coefficient (Wildman–Crippen LogP) is 4.89. The molecule has 1 atom stereocenters. The molecule has 2 aromatic carbocycles. The number of carboxylic acid groups (broad SMARTS) is 1. The predicted molar refractivity (Wildman–Crippen MR) is 130 cm³/mol. The fraction of sp³-hybridized carbons (Fsp3) is 0.440. The number of hydrogen-bond acceptors (Lipinski definition) is 5. The fourth-order valence-electron chi connectivity index (χ4n) is 3.85. The van der Waals surface area contributed by atoms with Crippen LogP contribution >= 0.6 is 12.4 Å². The highest BCUT2D eigenvalue weighted by atomic mass is 35.5. The van der Waals surface area contributed by atoms with Crippen LogP contribution in [0.1, 0.15) is 57.1 Å². The molecular weight excluding hydrogens is 444 g/mol. The molecule has 0 aromatic heterocycles. The summed E-state index contributed by atoms with van der Waals surface area (Å²) >= 11 is 0. The Morgan fingerprint density at radius 1 is 1.00 bits per heavy atom. The molecule has 0 radical (unpaired) electrons. The Balaban J connectivity index is 0.00000385. The van der Waals surface area contributed by atoms with Crippen LogP contribution in [0.4, 0.5) is 4.79 Å². The van der Waals surface area contributed by atoms with Crippen molar-refractivity contribution in [2.75, 3.05) is 13.2 Å². The number of carboxylic acids is 1. The normalized spacial score (nSPS) is 13.4. The number of unbranched alkanes of at least 4 members (excludes halogenated alkanes) is 1. The largest absolute Gasteiger partial charge is 0.480 e. The van der Waals surface area contributed by atoms with Gasteiger partial charge < -0.3 is 15.2 Å². The molecule has 1 amide bonds. The second-order valence-electron chi connectivity index (χ2n) is 8.97. The van der Waals surface area contributed by atoms with Gasteiger partial charge in [0.2, 0.25) is 0 Å². The second-order valence-corrected chi connectivity index (χ2v) is 8.97. The van der Waals surface area contributed by atoms with Crippen LogP contribution < -0.4 is 10.8 Å². The zero-order chi connectivity index (χ0) is 23.1. The Morgan fingerprint density at radius 2 is 1.58 bits per heavy atom. The van der Waals surface area contributed by atoms with E-state index in [0.29, 0.717) is 19.4 Å². The first-order chi connectivity index (χ1) is 15.3. The first-order valence-electron chi connectivity index (χ1n) is 11.0. The smallest absolute Gasteiger partial charge is 0.407 e. The fourth-order valence-corrected chi connectivity index (χ4v) is 3.85. The minimum atomic E-state index is -1.07. The van der Waals surface area contributed by atoms with Crippen molar-refractivity contribution in [1.82, 2.24) is 10.8 Å². The molecule has 3 rings (SSSR count). The summed E-state index contributed by atoms with van der Waals surface area (Å²) in [6.07, 6.45) is 0.956. The zero-order valence-electron chi connectivity index (χ0n) is 19.3. The number of ether oxygens (including phenoxy) is 1. The number of alkyl carbamates (subject to hydrolysis) is 1. The lowest BCUT2D eigenvalue weighted by Gasteiger charge is -2.19. The van der Waals surface area contributed by atoms with Gasteiger partial charge in [0.05, 0.1) is 5.60 Å². The van der Waals surface area contributed by atoms with E-state index in [1.165, 1.54) is 0 Å². The lowest BCUT2D eigenvalue weighted by molar-refractivity contribution is -0.139. The molecule has 0 unspecified atom stereocenters. The van der Waals surface area contributed by atoms with E-state index < -0.39 is 18.1 Å². The van der Waals surface area contributed by atoms with Crippen molar-refractivity contribution in [3.05, 3.63) is 59.7 Å². The summed E-state index contributed by atoms with van der Waals surface area (Å²) in [4.78, 5) is 29.3. The van der Waals surface area contributed by atoms with Gasteiger partial charge in [-0.15, -0.1) is 12.4 Å². The summed E-state index contributed by atoms with van der Waals surface area (Å²) in [5, 5.41) is 12.0. The molecule has 2 aromatic rings. The van der Waals surface area contributed by atoms with Crippen molar-refractivity contribution < 1.29 is 24.3 Å². The van der Waals surface area contributed by atoms with Crippen LogP contribution in [0.5, 0.6) is 0 Å². The third-order valence-electron chi connectivity index (χ3n) is 5.33. The van der Waals surface area contributed by atoms with E-state index in [0.717, 1.165) is 28.7 Å². The Kier molecular flexibility index (Phi) is 9.70. The zero-order valence-corrected chi connectivity index (χ0v) is 20.1. The number of rotatable bonds is 10. The monoisotopic (exact) mass is 476 g/mol. The maximum Gasteiger partial charge on any atom is 0.407 e. The van der Waals surface area contributed by atoms with Crippen molar-refractivity contribution in [2.45, 2.75) is 57.6 Å². The van der Waals surface area contributed by atoms with Gasteiger partial charge in [0.1, 0.15) is 12.6 Å². The van der Waals surface area contributed by atoms with Crippen LogP contribution in [0.3, 0.4) is 0 Å². The van der Waals surface area contributed by atoms with E-state index in [1.54, 1.807) is 0 Å². The molecular formula is C25H33ClN2O5. The van der Waals surface area contributed by atoms with Crippen LogP contribution in [-0.2, 0) is 14.4 Å². The highest BCUT2D eigenvalue weighted by Gasteiger charge is 2.29. The van der Waals surface area contributed by atoms with E-state index in [4.69, 9.17) is 9.57 Å². The molecule has 0 aliphatic heterocycles. The van der Waals surface area contributed by atoms with Crippen molar-refractivity contribution in [3.8, 4) is 11.1 Å². The standard InChI is InChI=1S/C25H32N2O5.ClH/c1-25(2,3)32-26-15-9-8-14-22(23(28)29)27-24(30)31-16-21-19-12-6-4-10-17(19)18-11-5-7-13-20(18)21;/h4-7,10-13,21-22,26H,8-9,14-16H2,1-3H3,(H,27,30)(H,28,29);1H/t22-;/m1./s1. The molecule has 180 valence electrons. The van der Waals surface area contributed by atoms with Crippen molar-refractivity contribution in [3.63, 3.8) is 0 Å². The highest BCUT2D eigenvalue weighted by Crippen LogP contribution is 2.44. The molecule has 0 fully saturated rings. The van der Waals surface area contributed by atoms with Gasteiger partial charge in [0.25, 0.3) is 0 Å². The number of hydrogen-bond donors (Lipinski definition) is 3. The lowest BCUT2D eigenvalue weighted by atomic mass is 9.98. The maximum absolute atomic E-state index is 12.4. The van der Waals surface area contributed by atoms with E-state index in [1.807, 2.05) is 57.2 Å². The highest BCUT2D eigenvalue weighted by molar-refractivity contribution is 5.85. The van der Waals surface area contributed by atoms with Crippen LogP contribution in [0.15, 0.2) is 48.5 Å².